The van der Waals surface area contributed by atoms with Gasteiger partial charge in [0.2, 0.25) is 0 Å². The first-order chi connectivity index (χ1) is 14.0. The second kappa shape index (κ2) is 7.47. The summed E-state index contributed by atoms with van der Waals surface area (Å²) >= 11 is 0. The predicted molar refractivity (Wildman–Crippen MR) is 118 cm³/mol. The van der Waals surface area contributed by atoms with E-state index in [2.05, 4.69) is 11.9 Å². The van der Waals surface area contributed by atoms with Crippen LogP contribution in [0.3, 0.4) is 0 Å². The summed E-state index contributed by atoms with van der Waals surface area (Å²) in [6, 6.07) is 25.6. The minimum Gasteiger partial charge on any atom is -0.497 e. The zero-order chi connectivity index (χ0) is 20.4. The average Bonchev–Trinajstić information content (AvgIpc) is 2.97. The largest absolute Gasteiger partial charge is 0.497 e. The van der Waals surface area contributed by atoms with E-state index in [1.165, 1.54) is 0 Å². The molecule has 1 heterocycles. The summed E-state index contributed by atoms with van der Waals surface area (Å²) in [5.41, 5.74) is 3.74. The Bertz CT molecular complexity index is 1040. The van der Waals surface area contributed by atoms with Crippen LogP contribution in [-0.4, -0.2) is 20.1 Å². The van der Waals surface area contributed by atoms with Crippen LogP contribution in [0.4, 0.5) is 11.4 Å². The van der Waals surface area contributed by atoms with Crippen LogP contribution < -0.4 is 15.0 Å². The van der Waals surface area contributed by atoms with E-state index in [1.54, 1.807) is 12.0 Å². The smallest absolute Gasteiger partial charge is 0.257 e. The first kappa shape index (κ1) is 18.8. The van der Waals surface area contributed by atoms with Gasteiger partial charge in [-0.3, -0.25) is 4.79 Å². The number of benzene rings is 3. The van der Waals surface area contributed by atoms with Crippen molar-refractivity contribution in [3.05, 3.63) is 96.6 Å². The third kappa shape index (κ3) is 3.27. The van der Waals surface area contributed by atoms with Gasteiger partial charge in [0, 0.05) is 30.4 Å². The van der Waals surface area contributed by atoms with E-state index in [1.807, 2.05) is 85.9 Å². The van der Waals surface area contributed by atoms with Crippen molar-refractivity contribution in [2.45, 2.75) is 12.0 Å². The van der Waals surface area contributed by atoms with Crippen molar-refractivity contribution in [3.63, 3.8) is 0 Å². The lowest BCUT2D eigenvalue weighted by Crippen LogP contribution is -2.45. The summed E-state index contributed by atoms with van der Waals surface area (Å²) in [4.78, 5) is 15.3. The van der Waals surface area contributed by atoms with Crippen LogP contribution in [0.25, 0.3) is 5.57 Å². The number of nitrogens with one attached hydrogen (secondary N) is 1. The fourth-order valence-corrected chi connectivity index (χ4v) is 3.99. The Morgan fingerprint density at radius 2 is 1.66 bits per heavy atom. The van der Waals surface area contributed by atoms with Gasteiger partial charge >= 0.3 is 0 Å². The molecule has 4 heteroatoms. The number of ether oxygens (including phenoxy) is 1. The minimum absolute atomic E-state index is 0.00611. The standard InChI is InChI=1S/C25H24N2O2/c1-18(19-9-5-4-6-10-19)17-25(26-20-13-15-21(29-3)16-14-20)22-11-7-8-12-23(22)27(2)24(25)28/h4-16,26H,1,17H2,2-3H3. The van der Waals surface area contributed by atoms with E-state index in [-0.39, 0.29) is 5.91 Å². The molecule has 29 heavy (non-hydrogen) atoms. The highest BCUT2D eigenvalue weighted by molar-refractivity contribution is 6.10. The van der Waals surface area contributed by atoms with Crippen molar-refractivity contribution in [2.75, 3.05) is 24.4 Å². The van der Waals surface area contributed by atoms with Crippen molar-refractivity contribution >= 4 is 22.9 Å². The van der Waals surface area contributed by atoms with Gasteiger partial charge in [-0.15, -0.1) is 0 Å². The van der Waals surface area contributed by atoms with Gasteiger partial charge in [0.1, 0.15) is 11.3 Å². The zero-order valence-electron chi connectivity index (χ0n) is 16.7. The van der Waals surface area contributed by atoms with Crippen molar-refractivity contribution in [2.24, 2.45) is 0 Å². The number of likely N-dealkylation sites (N-methyl/N-ethyl adjacent to an activating group) is 1. The lowest BCUT2D eigenvalue weighted by atomic mass is 9.83. The number of anilines is 2. The van der Waals surface area contributed by atoms with Crippen LogP contribution in [0.1, 0.15) is 17.5 Å². The molecule has 0 aliphatic carbocycles. The van der Waals surface area contributed by atoms with Gasteiger partial charge in [0.15, 0.2) is 0 Å². The number of hydrogen-bond acceptors (Lipinski definition) is 3. The molecule has 0 fully saturated rings. The molecule has 0 spiro atoms. The zero-order valence-corrected chi connectivity index (χ0v) is 16.7. The summed E-state index contributed by atoms with van der Waals surface area (Å²) in [5, 5.41) is 3.54. The van der Waals surface area contributed by atoms with Crippen molar-refractivity contribution in [1.29, 1.82) is 0 Å². The molecular weight excluding hydrogens is 360 g/mol. The molecule has 1 amide bonds. The van der Waals surface area contributed by atoms with Gasteiger partial charge in [-0.05, 0) is 41.5 Å². The maximum atomic E-state index is 13.6. The summed E-state index contributed by atoms with van der Waals surface area (Å²) in [5.74, 6) is 0.778. The third-order valence-electron chi connectivity index (χ3n) is 5.50. The highest BCUT2D eigenvalue weighted by Crippen LogP contribution is 2.46. The summed E-state index contributed by atoms with van der Waals surface area (Å²) in [6.07, 6.45) is 0.462. The van der Waals surface area contributed by atoms with Crippen LogP contribution in [-0.2, 0) is 10.3 Å². The fourth-order valence-electron chi connectivity index (χ4n) is 3.99. The molecule has 1 unspecified atom stereocenters. The fraction of sp³-hybridized carbons (Fsp3) is 0.160. The van der Waals surface area contributed by atoms with E-state index in [0.717, 1.165) is 33.8 Å². The van der Waals surface area contributed by atoms with Gasteiger partial charge in [0.05, 0.1) is 7.11 Å². The number of nitrogens with zero attached hydrogens (tertiary/aromatic N) is 1. The molecule has 0 radical (unpaired) electrons. The molecule has 0 saturated carbocycles. The Balaban J connectivity index is 1.79. The second-order valence-corrected chi connectivity index (χ2v) is 7.29. The average molecular weight is 384 g/mol. The summed E-state index contributed by atoms with van der Waals surface area (Å²) in [7, 11) is 3.46. The summed E-state index contributed by atoms with van der Waals surface area (Å²) < 4.78 is 5.26. The van der Waals surface area contributed by atoms with E-state index < -0.39 is 5.54 Å². The highest BCUT2D eigenvalue weighted by Gasteiger charge is 2.50. The Morgan fingerprint density at radius 1 is 1.00 bits per heavy atom. The van der Waals surface area contributed by atoms with E-state index in [9.17, 15) is 4.79 Å². The van der Waals surface area contributed by atoms with Gasteiger partial charge in [-0.1, -0.05) is 55.1 Å². The monoisotopic (exact) mass is 384 g/mol. The SMILES string of the molecule is C=C(CC1(Nc2ccc(OC)cc2)C(=O)N(C)c2ccccc21)c1ccccc1. The second-order valence-electron chi connectivity index (χ2n) is 7.29. The Kier molecular flexibility index (Phi) is 4.85. The van der Waals surface area contributed by atoms with Gasteiger partial charge in [0.25, 0.3) is 5.91 Å². The number of carbonyl (C=O) groups excluding carboxylic acids is 1. The number of methoxy groups -OCH3 is 1. The van der Waals surface area contributed by atoms with E-state index in [0.29, 0.717) is 6.42 Å². The molecule has 0 aromatic heterocycles. The van der Waals surface area contributed by atoms with Crippen LogP contribution in [0.15, 0.2) is 85.4 Å². The third-order valence-corrected chi connectivity index (χ3v) is 5.50. The molecule has 146 valence electrons. The van der Waals surface area contributed by atoms with Crippen molar-refractivity contribution < 1.29 is 9.53 Å². The van der Waals surface area contributed by atoms with E-state index in [4.69, 9.17) is 4.74 Å². The normalized spacial score (nSPS) is 17.7. The van der Waals surface area contributed by atoms with Gasteiger partial charge in [-0.2, -0.15) is 0 Å². The van der Waals surface area contributed by atoms with Gasteiger partial charge < -0.3 is 15.0 Å². The molecule has 0 saturated heterocycles. The molecular formula is C25H24N2O2. The van der Waals surface area contributed by atoms with Crippen LogP contribution in [0.2, 0.25) is 0 Å². The topological polar surface area (TPSA) is 41.6 Å². The van der Waals surface area contributed by atoms with Crippen molar-refractivity contribution in [3.8, 4) is 5.75 Å². The molecule has 4 nitrogen and oxygen atoms in total. The van der Waals surface area contributed by atoms with Crippen LogP contribution in [0.5, 0.6) is 5.75 Å². The Morgan fingerprint density at radius 3 is 2.34 bits per heavy atom. The maximum absolute atomic E-state index is 13.6. The number of fused-ring (bicyclic) bond motifs is 1. The molecule has 1 N–H and O–H groups in total. The first-order valence-electron chi connectivity index (χ1n) is 9.58. The highest BCUT2D eigenvalue weighted by atomic mass is 16.5. The number of hydrogen-bond donors (Lipinski definition) is 1. The van der Waals surface area contributed by atoms with Crippen molar-refractivity contribution in [1.82, 2.24) is 0 Å². The Labute approximate surface area is 171 Å². The molecule has 1 aliphatic rings. The number of para-hydroxylation sites is 1. The first-order valence-corrected chi connectivity index (χ1v) is 9.58. The predicted octanol–water partition coefficient (Wildman–Crippen LogP) is 5.08. The lowest BCUT2D eigenvalue weighted by Gasteiger charge is -2.32. The lowest BCUT2D eigenvalue weighted by molar-refractivity contribution is -0.121. The van der Waals surface area contributed by atoms with Crippen LogP contribution in [0, 0.1) is 0 Å². The molecule has 4 rings (SSSR count). The molecule has 0 bridgehead atoms. The molecule has 1 aliphatic heterocycles. The van der Waals surface area contributed by atoms with Gasteiger partial charge in [-0.25, -0.2) is 0 Å². The quantitative estimate of drug-likeness (QED) is 0.644. The molecule has 3 aromatic carbocycles. The number of amides is 1. The maximum Gasteiger partial charge on any atom is 0.257 e. The molecule has 3 aromatic rings. The van der Waals surface area contributed by atoms with Crippen LogP contribution >= 0.6 is 0 Å². The number of carbonyl (C=O) groups is 1. The minimum atomic E-state index is -0.924. The molecule has 1 atom stereocenters. The number of rotatable bonds is 6. The summed E-state index contributed by atoms with van der Waals surface area (Å²) in [6.45, 7) is 4.30. The van der Waals surface area contributed by atoms with E-state index >= 15 is 0 Å². The Hall–Kier alpha value is -3.53.